The van der Waals surface area contributed by atoms with Gasteiger partial charge in [-0.25, -0.2) is 19.6 Å². The van der Waals surface area contributed by atoms with Crippen LogP contribution in [0.15, 0.2) is 47.4 Å². The second kappa shape index (κ2) is 5.72. The van der Waals surface area contributed by atoms with Crippen LogP contribution >= 0.6 is 0 Å². The Balaban J connectivity index is 2.06. The van der Waals surface area contributed by atoms with Crippen LogP contribution in [0.4, 0.5) is 0 Å². The number of benzene rings is 1. The predicted octanol–water partition coefficient (Wildman–Crippen LogP) is 1.64. The van der Waals surface area contributed by atoms with Crippen molar-refractivity contribution in [1.82, 2.24) is 19.7 Å². The molecule has 0 atom stereocenters. The Morgan fingerprint density at radius 2 is 1.82 bits per heavy atom. The topological polar surface area (TPSA) is 82.0 Å². The molecule has 7 heteroatoms. The number of aromatic nitrogens is 4. The number of aromatic amines is 1. The number of hydrogen-bond donors (Lipinski definition) is 1. The minimum absolute atomic E-state index is 0.429. The van der Waals surface area contributed by atoms with Crippen molar-refractivity contribution in [3.05, 3.63) is 53.1 Å². The van der Waals surface area contributed by atoms with Gasteiger partial charge in [0.2, 0.25) is 5.88 Å². The average Bonchev–Trinajstić information content (AvgIpc) is 2.97. The summed E-state index contributed by atoms with van der Waals surface area (Å²) < 4.78 is 11.8. The van der Waals surface area contributed by atoms with E-state index in [9.17, 15) is 4.79 Å². The van der Waals surface area contributed by atoms with Crippen molar-refractivity contribution < 1.29 is 9.47 Å². The summed E-state index contributed by atoms with van der Waals surface area (Å²) in [5, 5.41) is 2.68. The number of rotatable bonds is 4. The van der Waals surface area contributed by atoms with E-state index in [1.165, 1.54) is 0 Å². The number of pyridine rings is 1. The summed E-state index contributed by atoms with van der Waals surface area (Å²) in [6.07, 6.45) is 1.61. The number of hydrogen-bond acceptors (Lipinski definition) is 5. The molecule has 0 aliphatic carbocycles. The van der Waals surface area contributed by atoms with E-state index in [1.807, 2.05) is 24.3 Å². The smallest absolute Gasteiger partial charge is 0.362 e. The lowest BCUT2D eigenvalue weighted by atomic mass is 10.2. The fourth-order valence-electron chi connectivity index (χ4n) is 2.06. The van der Waals surface area contributed by atoms with Crippen LogP contribution in [0.3, 0.4) is 0 Å². The van der Waals surface area contributed by atoms with E-state index in [0.29, 0.717) is 17.3 Å². The maximum absolute atomic E-state index is 11.6. The summed E-state index contributed by atoms with van der Waals surface area (Å²) in [5.41, 5.74) is 1.04. The summed E-state index contributed by atoms with van der Waals surface area (Å²) >= 11 is 0. The molecule has 0 saturated carbocycles. The second-order valence-electron chi connectivity index (χ2n) is 4.48. The highest BCUT2D eigenvalue weighted by molar-refractivity contribution is 5.57. The molecule has 0 radical (unpaired) electrons. The van der Waals surface area contributed by atoms with Crippen LogP contribution in [-0.2, 0) is 0 Å². The fraction of sp³-hybridized carbons (Fsp3) is 0.133. The van der Waals surface area contributed by atoms with Gasteiger partial charge in [-0.1, -0.05) is 0 Å². The lowest BCUT2D eigenvalue weighted by Gasteiger charge is -2.08. The highest BCUT2D eigenvalue weighted by atomic mass is 16.5. The Hall–Kier alpha value is -3.09. The Labute approximate surface area is 126 Å². The summed E-state index contributed by atoms with van der Waals surface area (Å²) in [4.78, 5) is 19.8. The third-order valence-corrected chi connectivity index (χ3v) is 3.16. The molecular formula is C15H14N4O3. The van der Waals surface area contributed by atoms with Crippen molar-refractivity contribution in [2.45, 2.75) is 0 Å². The maximum atomic E-state index is 11.6. The Morgan fingerprint density at radius 1 is 1.05 bits per heavy atom. The van der Waals surface area contributed by atoms with Gasteiger partial charge in [-0.2, -0.15) is 4.98 Å². The summed E-state index contributed by atoms with van der Waals surface area (Å²) in [6.45, 7) is 0. The molecule has 0 bridgehead atoms. The largest absolute Gasteiger partial charge is 0.497 e. The first-order valence-electron chi connectivity index (χ1n) is 6.55. The fourth-order valence-corrected chi connectivity index (χ4v) is 2.06. The Kier molecular flexibility index (Phi) is 3.61. The minimum Gasteiger partial charge on any atom is -0.497 e. The second-order valence-corrected chi connectivity index (χ2v) is 4.48. The molecule has 22 heavy (non-hydrogen) atoms. The van der Waals surface area contributed by atoms with Gasteiger partial charge in [0.15, 0.2) is 5.82 Å². The molecule has 2 heterocycles. The molecule has 0 aliphatic heterocycles. The van der Waals surface area contributed by atoms with Crippen LogP contribution in [0.5, 0.6) is 11.6 Å². The third-order valence-electron chi connectivity index (χ3n) is 3.16. The van der Waals surface area contributed by atoms with Crippen molar-refractivity contribution in [2.24, 2.45) is 0 Å². The van der Waals surface area contributed by atoms with Gasteiger partial charge in [0, 0.05) is 17.8 Å². The Morgan fingerprint density at radius 3 is 2.41 bits per heavy atom. The summed E-state index contributed by atoms with van der Waals surface area (Å²) in [7, 11) is 3.15. The first-order chi connectivity index (χ1) is 10.7. The molecule has 0 spiro atoms. The molecule has 0 saturated heterocycles. The van der Waals surface area contributed by atoms with E-state index in [0.717, 1.165) is 11.4 Å². The summed E-state index contributed by atoms with van der Waals surface area (Å²) in [5.74, 6) is 1.71. The number of H-pyrrole nitrogens is 1. The molecule has 7 nitrogen and oxygen atoms in total. The van der Waals surface area contributed by atoms with E-state index in [2.05, 4.69) is 15.1 Å². The number of nitrogens with zero attached hydrogens (tertiary/aromatic N) is 3. The van der Waals surface area contributed by atoms with Crippen LogP contribution < -0.4 is 15.2 Å². The van der Waals surface area contributed by atoms with Gasteiger partial charge in [-0.05, 0) is 30.3 Å². The van der Waals surface area contributed by atoms with Crippen molar-refractivity contribution in [2.75, 3.05) is 14.2 Å². The first kappa shape index (κ1) is 13.9. The van der Waals surface area contributed by atoms with Crippen molar-refractivity contribution in [3.63, 3.8) is 0 Å². The standard InChI is InChI=1S/C15H14N4O3/c1-21-12-6-4-11(5-7-12)19-14(17-15(20)18-19)10-3-8-13(22-2)16-9-10/h3-9H,1-2H3,(H,18,20). The molecule has 0 amide bonds. The SMILES string of the molecule is COc1ccc(-n2[nH]c(=O)nc2-c2ccc(OC)nc2)cc1. The monoisotopic (exact) mass is 298 g/mol. The molecule has 0 fully saturated rings. The molecule has 2 aromatic heterocycles. The van der Waals surface area contributed by atoms with Gasteiger partial charge < -0.3 is 9.47 Å². The van der Waals surface area contributed by atoms with E-state index in [1.54, 1.807) is 37.2 Å². The van der Waals surface area contributed by atoms with Crippen LogP contribution in [0.2, 0.25) is 0 Å². The molecule has 112 valence electrons. The normalized spacial score (nSPS) is 10.5. The third kappa shape index (κ3) is 2.56. The van der Waals surface area contributed by atoms with E-state index in [-0.39, 0.29) is 0 Å². The molecule has 0 aliphatic rings. The zero-order valence-corrected chi connectivity index (χ0v) is 12.1. The number of ether oxygens (including phenoxy) is 2. The molecule has 3 aromatic rings. The van der Waals surface area contributed by atoms with Crippen molar-refractivity contribution in [1.29, 1.82) is 0 Å². The van der Waals surface area contributed by atoms with Gasteiger partial charge in [-0.3, -0.25) is 0 Å². The van der Waals surface area contributed by atoms with Gasteiger partial charge in [-0.15, -0.1) is 0 Å². The number of methoxy groups -OCH3 is 2. The molecular weight excluding hydrogens is 284 g/mol. The van der Waals surface area contributed by atoms with Crippen molar-refractivity contribution >= 4 is 0 Å². The van der Waals surface area contributed by atoms with E-state index in [4.69, 9.17) is 9.47 Å². The van der Waals surface area contributed by atoms with E-state index < -0.39 is 5.69 Å². The summed E-state index contributed by atoms with van der Waals surface area (Å²) in [6, 6.07) is 10.8. The average molecular weight is 298 g/mol. The van der Waals surface area contributed by atoms with Gasteiger partial charge in [0.1, 0.15) is 5.75 Å². The first-order valence-corrected chi connectivity index (χ1v) is 6.55. The van der Waals surface area contributed by atoms with Crippen LogP contribution in [0.1, 0.15) is 0 Å². The molecule has 0 unspecified atom stereocenters. The van der Waals surface area contributed by atoms with Crippen LogP contribution in [0.25, 0.3) is 17.1 Å². The molecule has 3 rings (SSSR count). The highest BCUT2D eigenvalue weighted by Crippen LogP contribution is 2.21. The quantitative estimate of drug-likeness (QED) is 0.792. The highest BCUT2D eigenvalue weighted by Gasteiger charge is 2.11. The van der Waals surface area contributed by atoms with Crippen LogP contribution in [-0.4, -0.2) is 34.0 Å². The molecule has 1 N–H and O–H groups in total. The van der Waals surface area contributed by atoms with Crippen LogP contribution in [0, 0.1) is 0 Å². The van der Waals surface area contributed by atoms with Gasteiger partial charge >= 0.3 is 5.69 Å². The lowest BCUT2D eigenvalue weighted by molar-refractivity contribution is 0.398. The zero-order chi connectivity index (χ0) is 15.5. The van der Waals surface area contributed by atoms with E-state index >= 15 is 0 Å². The number of nitrogens with one attached hydrogen (secondary N) is 1. The predicted molar refractivity (Wildman–Crippen MR) is 80.5 cm³/mol. The lowest BCUT2D eigenvalue weighted by Crippen LogP contribution is -2.05. The zero-order valence-electron chi connectivity index (χ0n) is 12.1. The van der Waals surface area contributed by atoms with Gasteiger partial charge in [0.05, 0.1) is 19.9 Å². The Bertz CT molecular complexity index is 751. The maximum Gasteiger partial charge on any atom is 0.362 e. The van der Waals surface area contributed by atoms with Gasteiger partial charge in [0.25, 0.3) is 0 Å². The van der Waals surface area contributed by atoms with Crippen molar-refractivity contribution in [3.8, 4) is 28.7 Å². The molecule has 1 aromatic carbocycles. The minimum atomic E-state index is -0.429.